The Kier molecular flexibility index (Phi) is 6.25. The molecule has 2 heterocycles. The molecule has 5 nitrogen and oxygen atoms in total. The third-order valence-corrected chi connectivity index (χ3v) is 6.68. The molecule has 8 heteroatoms. The molecule has 1 unspecified atom stereocenters. The minimum Gasteiger partial charge on any atom is -0.478 e. The summed E-state index contributed by atoms with van der Waals surface area (Å²) < 4.78 is 20.1. The Bertz CT molecular complexity index is 1070. The van der Waals surface area contributed by atoms with Gasteiger partial charge in [0.2, 0.25) is 0 Å². The second-order valence-corrected chi connectivity index (χ2v) is 9.53. The lowest BCUT2D eigenvalue weighted by atomic mass is 9.96. The zero-order valence-electron chi connectivity index (χ0n) is 17.3. The van der Waals surface area contributed by atoms with Crippen molar-refractivity contribution in [2.24, 2.45) is 0 Å². The molecule has 1 atom stereocenters. The van der Waals surface area contributed by atoms with Crippen LogP contribution in [-0.2, 0) is 4.79 Å². The molecule has 3 aromatic rings. The molecule has 1 aromatic heterocycles. The monoisotopic (exact) mass is 459 g/mol. The van der Waals surface area contributed by atoms with Gasteiger partial charge in [-0.2, -0.15) is 0 Å². The first-order valence-corrected chi connectivity index (χ1v) is 11.4. The van der Waals surface area contributed by atoms with Gasteiger partial charge in [-0.25, -0.2) is 4.39 Å². The maximum absolute atomic E-state index is 14.1. The van der Waals surface area contributed by atoms with Gasteiger partial charge in [-0.3, -0.25) is 4.79 Å². The van der Waals surface area contributed by atoms with Crippen LogP contribution in [0.5, 0.6) is 5.75 Å². The van der Waals surface area contributed by atoms with Gasteiger partial charge in [0, 0.05) is 29.6 Å². The van der Waals surface area contributed by atoms with Gasteiger partial charge in [0.15, 0.2) is 10.6 Å². The zero-order chi connectivity index (χ0) is 22.0. The Hall–Kier alpha value is -2.51. The van der Waals surface area contributed by atoms with Gasteiger partial charge in [-0.1, -0.05) is 35.1 Å². The standard InChI is InChI=1S/C23H23ClFN3O2S/c1-23(2,30-17-11-9-16(24)10-12-17)22(29)28-13-5-6-15(14-28)20-26-27-21(31-20)18-7-3-4-8-19(18)25/h3-4,7-12,15H,5-6,13-14H2,1-2H3. The van der Waals surface area contributed by atoms with E-state index < -0.39 is 5.60 Å². The fourth-order valence-electron chi connectivity index (χ4n) is 3.73. The van der Waals surface area contributed by atoms with Crippen LogP contribution in [0.25, 0.3) is 10.6 Å². The molecule has 1 aliphatic heterocycles. The van der Waals surface area contributed by atoms with Gasteiger partial charge in [-0.05, 0) is 63.1 Å². The quantitative estimate of drug-likeness (QED) is 0.501. The number of ether oxygens (including phenoxy) is 1. The summed E-state index contributed by atoms with van der Waals surface area (Å²) in [7, 11) is 0. The SMILES string of the molecule is CC(C)(Oc1ccc(Cl)cc1)C(=O)N1CCCC(c2nnc(-c3ccccc3F)s2)C1. The van der Waals surface area contributed by atoms with Gasteiger partial charge in [-0.15, -0.1) is 10.2 Å². The molecule has 0 spiro atoms. The number of nitrogens with zero attached hydrogens (tertiary/aromatic N) is 3. The van der Waals surface area contributed by atoms with Gasteiger partial charge < -0.3 is 9.64 Å². The summed E-state index contributed by atoms with van der Waals surface area (Å²) in [4.78, 5) is 15.1. The molecule has 0 radical (unpaired) electrons. The Morgan fingerprint density at radius 2 is 1.94 bits per heavy atom. The maximum Gasteiger partial charge on any atom is 0.266 e. The van der Waals surface area contributed by atoms with E-state index in [2.05, 4.69) is 10.2 Å². The van der Waals surface area contributed by atoms with Crippen molar-refractivity contribution in [3.8, 4) is 16.3 Å². The van der Waals surface area contributed by atoms with Crippen LogP contribution in [-0.4, -0.2) is 39.7 Å². The first kappa shape index (κ1) is 21.7. The van der Waals surface area contributed by atoms with E-state index in [1.807, 2.05) is 4.90 Å². The number of likely N-dealkylation sites (tertiary alicyclic amines) is 1. The normalized spacial score (nSPS) is 16.9. The number of benzene rings is 2. The number of amides is 1. The number of piperidine rings is 1. The average molecular weight is 460 g/mol. The molecule has 162 valence electrons. The number of hydrogen-bond acceptors (Lipinski definition) is 5. The van der Waals surface area contributed by atoms with Crippen LogP contribution in [0.4, 0.5) is 4.39 Å². The van der Waals surface area contributed by atoms with Crippen molar-refractivity contribution in [3.05, 3.63) is 64.4 Å². The van der Waals surface area contributed by atoms with Gasteiger partial charge in [0.05, 0.1) is 0 Å². The topological polar surface area (TPSA) is 55.3 Å². The highest BCUT2D eigenvalue weighted by Gasteiger charge is 2.37. The Morgan fingerprint density at radius 1 is 1.19 bits per heavy atom. The number of halogens is 2. The lowest BCUT2D eigenvalue weighted by molar-refractivity contribution is -0.146. The summed E-state index contributed by atoms with van der Waals surface area (Å²) in [6.07, 6.45) is 1.77. The minimum absolute atomic E-state index is 0.0713. The van der Waals surface area contributed by atoms with Crippen LogP contribution >= 0.6 is 22.9 Å². The van der Waals surface area contributed by atoms with E-state index in [4.69, 9.17) is 16.3 Å². The van der Waals surface area contributed by atoms with Crippen LogP contribution in [0, 0.1) is 5.82 Å². The second kappa shape index (κ2) is 8.93. The third-order valence-electron chi connectivity index (χ3n) is 5.30. The van der Waals surface area contributed by atoms with E-state index in [1.165, 1.54) is 17.4 Å². The van der Waals surface area contributed by atoms with E-state index in [-0.39, 0.29) is 17.6 Å². The molecule has 1 amide bonds. The number of carbonyl (C=O) groups excluding carboxylic acids is 1. The van der Waals surface area contributed by atoms with Crippen LogP contribution in [0.2, 0.25) is 5.02 Å². The van der Waals surface area contributed by atoms with E-state index >= 15 is 0 Å². The molecule has 2 aromatic carbocycles. The molecular formula is C23H23ClFN3O2S. The summed E-state index contributed by atoms with van der Waals surface area (Å²) in [5.41, 5.74) is -0.567. The average Bonchev–Trinajstić information content (AvgIpc) is 3.25. The van der Waals surface area contributed by atoms with E-state index in [9.17, 15) is 9.18 Å². The van der Waals surface area contributed by atoms with Gasteiger partial charge in [0.1, 0.15) is 16.6 Å². The molecule has 0 aliphatic carbocycles. The fraction of sp³-hybridized carbons (Fsp3) is 0.348. The number of hydrogen-bond donors (Lipinski definition) is 0. The second-order valence-electron chi connectivity index (χ2n) is 8.08. The molecule has 0 N–H and O–H groups in total. The lowest BCUT2D eigenvalue weighted by Gasteiger charge is -2.37. The number of aromatic nitrogens is 2. The first-order chi connectivity index (χ1) is 14.8. The predicted octanol–water partition coefficient (Wildman–Crippen LogP) is 5.56. The zero-order valence-corrected chi connectivity index (χ0v) is 18.9. The molecule has 1 fully saturated rings. The van der Waals surface area contributed by atoms with Crippen molar-refractivity contribution in [1.82, 2.24) is 15.1 Å². The number of carbonyl (C=O) groups is 1. The third kappa shape index (κ3) is 4.88. The Balaban J connectivity index is 1.46. The molecule has 1 saturated heterocycles. The smallest absolute Gasteiger partial charge is 0.266 e. The summed E-state index contributed by atoms with van der Waals surface area (Å²) in [5, 5.41) is 10.5. The fourth-order valence-corrected chi connectivity index (χ4v) is 4.85. The highest BCUT2D eigenvalue weighted by molar-refractivity contribution is 7.14. The van der Waals surface area contributed by atoms with Crippen LogP contribution in [0.15, 0.2) is 48.5 Å². The first-order valence-electron chi connectivity index (χ1n) is 10.2. The molecule has 0 bridgehead atoms. The number of rotatable bonds is 5. The van der Waals surface area contributed by atoms with Crippen molar-refractivity contribution in [3.63, 3.8) is 0 Å². The minimum atomic E-state index is -1.02. The Morgan fingerprint density at radius 3 is 2.68 bits per heavy atom. The lowest BCUT2D eigenvalue weighted by Crippen LogP contribution is -2.51. The maximum atomic E-state index is 14.1. The van der Waals surface area contributed by atoms with Crippen LogP contribution in [0.3, 0.4) is 0 Å². The van der Waals surface area contributed by atoms with Crippen molar-refractivity contribution in [1.29, 1.82) is 0 Å². The highest BCUT2D eigenvalue weighted by atomic mass is 35.5. The van der Waals surface area contributed by atoms with Crippen molar-refractivity contribution >= 4 is 28.8 Å². The van der Waals surface area contributed by atoms with Crippen LogP contribution < -0.4 is 4.74 Å². The van der Waals surface area contributed by atoms with E-state index in [1.54, 1.807) is 56.3 Å². The van der Waals surface area contributed by atoms with Gasteiger partial charge in [0.25, 0.3) is 5.91 Å². The Labute approximate surface area is 189 Å². The molecule has 1 aliphatic rings. The van der Waals surface area contributed by atoms with Crippen molar-refractivity contribution in [2.75, 3.05) is 13.1 Å². The molecule has 31 heavy (non-hydrogen) atoms. The molecule has 0 saturated carbocycles. The van der Waals surface area contributed by atoms with Crippen LogP contribution in [0.1, 0.15) is 37.6 Å². The molecular weight excluding hydrogens is 437 g/mol. The van der Waals surface area contributed by atoms with Crippen molar-refractivity contribution < 1.29 is 13.9 Å². The van der Waals surface area contributed by atoms with E-state index in [0.29, 0.717) is 34.4 Å². The van der Waals surface area contributed by atoms with Gasteiger partial charge >= 0.3 is 0 Å². The largest absolute Gasteiger partial charge is 0.478 e. The van der Waals surface area contributed by atoms with E-state index in [0.717, 1.165) is 17.8 Å². The summed E-state index contributed by atoms with van der Waals surface area (Å²) in [6, 6.07) is 13.5. The molecule has 4 rings (SSSR count). The highest BCUT2D eigenvalue weighted by Crippen LogP contribution is 2.34. The van der Waals surface area contributed by atoms with Crippen molar-refractivity contribution in [2.45, 2.75) is 38.2 Å². The summed E-state index contributed by atoms with van der Waals surface area (Å²) in [5.74, 6) is 0.273. The summed E-state index contributed by atoms with van der Waals surface area (Å²) in [6.45, 7) is 4.75. The predicted molar refractivity (Wildman–Crippen MR) is 120 cm³/mol. The summed E-state index contributed by atoms with van der Waals surface area (Å²) >= 11 is 7.32.